The van der Waals surface area contributed by atoms with Gasteiger partial charge in [0, 0.05) is 29.5 Å². The molecule has 1 aliphatic heterocycles. The van der Waals surface area contributed by atoms with Gasteiger partial charge in [-0.15, -0.1) is 0 Å². The zero-order valence-electron chi connectivity index (χ0n) is 10.9. The van der Waals surface area contributed by atoms with E-state index in [4.69, 9.17) is 9.47 Å². The van der Waals surface area contributed by atoms with E-state index in [1.807, 2.05) is 18.2 Å². The first-order valence-corrected chi connectivity index (χ1v) is 6.57. The highest BCUT2D eigenvalue weighted by molar-refractivity contribution is 6.04. The number of pyridine rings is 1. The van der Waals surface area contributed by atoms with Crippen LogP contribution in [-0.4, -0.2) is 35.9 Å². The highest BCUT2D eigenvalue weighted by Crippen LogP contribution is 2.27. The lowest BCUT2D eigenvalue weighted by molar-refractivity contribution is 0.0698. The standard InChI is InChI=1S/C15H15NO4/c17-15(18)13-7-16-14(12-4-2-1-3-11(12)13)20-9-10-5-6-19-8-10/h1-4,7,10H,5-6,8-9H2,(H,17,18). The number of rotatable bonds is 4. The highest BCUT2D eigenvalue weighted by Gasteiger charge is 2.18. The summed E-state index contributed by atoms with van der Waals surface area (Å²) in [6.07, 6.45) is 2.34. The normalized spacial score (nSPS) is 18.3. The number of carboxylic acids is 1. The van der Waals surface area contributed by atoms with Gasteiger partial charge in [0.25, 0.3) is 0 Å². The van der Waals surface area contributed by atoms with Crippen LogP contribution < -0.4 is 4.74 Å². The van der Waals surface area contributed by atoms with Gasteiger partial charge in [-0.3, -0.25) is 0 Å². The number of ether oxygens (including phenoxy) is 2. The summed E-state index contributed by atoms with van der Waals surface area (Å²) < 4.78 is 11.1. The third kappa shape index (κ3) is 2.44. The van der Waals surface area contributed by atoms with Gasteiger partial charge in [0.05, 0.1) is 18.8 Å². The average Bonchev–Trinajstić information content (AvgIpc) is 2.97. The van der Waals surface area contributed by atoms with Gasteiger partial charge in [0.2, 0.25) is 5.88 Å². The van der Waals surface area contributed by atoms with Crippen molar-refractivity contribution < 1.29 is 19.4 Å². The van der Waals surface area contributed by atoms with Crippen molar-refractivity contribution in [3.05, 3.63) is 36.0 Å². The molecule has 1 unspecified atom stereocenters. The smallest absolute Gasteiger partial charge is 0.337 e. The predicted molar refractivity (Wildman–Crippen MR) is 73.1 cm³/mol. The summed E-state index contributed by atoms with van der Waals surface area (Å²) in [4.78, 5) is 15.3. The minimum absolute atomic E-state index is 0.192. The SMILES string of the molecule is O=C(O)c1cnc(OCC2CCOC2)c2ccccc12. The second-order valence-corrected chi connectivity index (χ2v) is 4.87. The zero-order chi connectivity index (χ0) is 13.9. The van der Waals surface area contributed by atoms with Crippen molar-refractivity contribution in [2.45, 2.75) is 6.42 Å². The largest absolute Gasteiger partial charge is 0.478 e. The third-order valence-corrected chi connectivity index (χ3v) is 3.47. The van der Waals surface area contributed by atoms with Crippen LogP contribution in [0.4, 0.5) is 0 Å². The lowest BCUT2D eigenvalue weighted by atomic mass is 10.1. The van der Waals surface area contributed by atoms with Crippen LogP contribution in [0.5, 0.6) is 5.88 Å². The van der Waals surface area contributed by atoms with Crippen molar-refractivity contribution in [1.82, 2.24) is 4.98 Å². The van der Waals surface area contributed by atoms with E-state index in [0.717, 1.165) is 18.4 Å². The summed E-state index contributed by atoms with van der Waals surface area (Å²) in [5.41, 5.74) is 0.192. The molecule has 0 saturated carbocycles. The first kappa shape index (κ1) is 12.9. The summed E-state index contributed by atoms with van der Waals surface area (Å²) in [5.74, 6) is -0.114. The Morgan fingerprint density at radius 1 is 1.40 bits per heavy atom. The van der Waals surface area contributed by atoms with Gasteiger partial charge < -0.3 is 14.6 Å². The van der Waals surface area contributed by atoms with Crippen LogP contribution in [0.15, 0.2) is 30.5 Å². The number of fused-ring (bicyclic) bond motifs is 1. The second-order valence-electron chi connectivity index (χ2n) is 4.87. The van der Waals surface area contributed by atoms with Crippen molar-refractivity contribution in [3.63, 3.8) is 0 Å². The highest BCUT2D eigenvalue weighted by atomic mass is 16.5. The van der Waals surface area contributed by atoms with E-state index in [0.29, 0.717) is 30.4 Å². The fourth-order valence-corrected chi connectivity index (χ4v) is 2.36. The Hall–Kier alpha value is -2.14. The van der Waals surface area contributed by atoms with Gasteiger partial charge >= 0.3 is 5.97 Å². The Morgan fingerprint density at radius 2 is 2.20 bits per heavy atom. The maximum Gasteiger partial charge on any atom is 0.337 e. The number of carbonyl (C=O) groups is 1. The fraction of sp³-hybridized carbons (Fsp3) is 0.333. The summed E-state index contributed by atoms with van der Waals surface area (Å²) in [6, 6.07) is 7.26. The topological polar surface area (TPSA) is 68.7 Å². The number of nitrogens with zero attached hydrogens (tertiary/aromatic N) is 1. The minimum atomic E-state index is -0.982. The fourth-order valence-electron chi connectivity index (χ4n) is 2.36. The number of hydrogen-bond donors (Lipinski definition) is 1. The number of aromatic nitrogens is 1. The molecule has 1 aromatic carbocycles. The Labute approximate surface area is 116 Å². The number of hydrogen-bond acceptors (Lipinski definition) is 4. The zero-order valence-corrected chi connectivity index (χ0v) is 10.9. The van der Waals surface area contributed by atoms with Gasteiger partial charge in [-0.05, 0) is 12.5 Å². The Balaban J connectivity index is 1.91. The molecular formula is C15H15NO4. The van der Waals surface area contributed by atoms with Gasteiger partial charge in [0.1, 0.15) is 0 Å². The molecule has 1 aliphatic rings. The molecule has 2 heterocycles. The molecule has 20 heavy (non-hydrogen) atoms. The lowest BCUT2D eigenvalue weighted by Gasteiger charge is -2.12. The molecule has 1 aromatic heterocycles. The minimum Gasteiger partial charge on any atom is -0.478 e. The molecule has 0 amide bonds. The molecule has 0 aliphatic carbocycles. The molecule has 5 nitrogen and oxygen atoms in total. The molecular weight excluding hydrogens is 258 g/mol. The van der Waals surface area contributed by atoms with E-state index in [1.165, 1.54) is 6.20 Å². The van der Waals surface area contributed by atoms with E-state index in [-0.39, 0.29) is 5.56 Å². The van der Waals surface area contributed by atoms with Crippen LogP contribution in [0.2, 0.25) is 0 Å². The second kappa shape index (κ2) is 5.46. The van der Waals surface area contributed by atoms with Crippen molar-refractivity contribution in [3.8, 4) is 5.88 Å². The number of aromatic carboxylic acids is 1. The quantitative estimate of drug-likeness (QED) is 0.926. The Morgan fingerprint density at radius 3 is 2.90 bits per heavy atom. The third-order valence-electron chi connectivity index (χ3n) is 3.47. The van der Waals surface area contributed by atoms with Gasteiger partial charge in [-0.1, -0.05) is 18.2 Å². The van der Waals surface area contributed by atoms with Crippen LogP contribution in [0.1, 0.15) is 16.8 Å². The molecule has 1 N–H and O–H groups in total. The van der Waals surface area contributed by atoms with E-state index in [1.54, 1.807) is 6.07 Å². The van der Waals surface area contributed by atoms with Crippen molar-refractivity contribution >= 4 is 16.7 Å². The van der Waals surface area contributed by atoms with Crippen LogP contribution >= 0.6 is 0 Å². The lowest BCUT2D eigenvalue weighted by Crippen LogP contribution is -2.12. The first-order chi connectivity index (χ1) is 9.75. The number of carboxylic acid groups (broad SMARTS) is 1. The Bertz CT molecular complexity index is 635. The molecule has 5 heteroatoms. The van der Waals surface area contributed by atoms with E-state index in [9.17, 15) is 9.90 Å². The average molecular weight is 273 g/mol. The summed E-state index contributed by atoms with van der Waals surface area (Å²) >= 11 is 0. The van der Waals surface area contributed by atoms with Gasteiger partial charge in [-0.2, -0.15) is 0 Å². The summed E-state index contributed by atoms with van der Waals surface area (Å²) in [6.45, 7) is 2.04. The van der Waals surface area contributed by atoms with Gasteiger partial charge in [0.15, 0.2) is 0 Å². The molecule has 3 rings (SSSR count). The number of benzene rings is 1. The molecule has 0 radical (unpaired) electrons. The molecule has 104 valence electrons. The maximum absolute atomic E-state index is 11.2. The predicted octanol–water partition coefficient (Wildman–Crippen LogP) is 2.35. The van der Waals surface area contributed by atoms with E-state index >= 15 is 0 Å². The van der Waals surface area contributed by atoms with E-state index in [2.05, 4.69) is 4.98 Å². The van der Waals surface area contributed by atoms with E-state index < -0.39 is 5.97 Å². The molecule has 2 aromatic rings. The van der Waals surface area contributed by atoms with Crippen LogP contribution in [0.25, 0.3) is 10.8 Å². The van der Waals surface area contributed by atoms with Gasteiger partial charge in [-0.25, -0.2) is 9.78 Å². The molecule has 1 fully saturated rings. The van der Waals surface area contributed by atoms with Crippen LogP contribution in [-0.2, 0) is 4.74 Å². The molecule has 0 bridgehead atoms. The van der Waals surface area contributed by atoms with Crippen molar-refractivity contribution in [1.29, 1.82) is 0 Å². The first-order valence-electron chi connectivity index (χ1n) is 6.57. The maximum atomic E-state index is 11.2. The molecule has 1 saturated heterocycles. The van der Waals surface area contributed by atoms with Crippen LogP contribution in [0.3, 0.4) is 0 Å². The van der Waals surface area contributed by atoms with Crippen LogP contribution in [0, 0.1) is 5.92 Å². The monoisotopic (exact) mass is 273 g/mol. The Kier molecular flexibility index (Phi) is 3.52. The summed E-state index contributed by atoms with van der Waals surface area (Å²) in [5, 5.41) is 10.6. The summed E-state index contributed by atoms with van der Waals surface area (Å²) in [7, 11) is 0. The molecule has 0 spiro atoms. The van der Waals surface area contributed by atoms with Crippen molar-refractivity contribution in [2.75, 3.05) is 19.8 Å². The van der Waals surface area contributed by atoms with Crippen molar-refractivity contribution in [2.24, 2.45) is 5.92 Å². The molecule has 1 atom stereocenters.